The molecule has 94 valence electrons. The van der Waals surface area contributed by atoms with Crippen LogP contribution in [0.3, 0.4) is 0 Å². The van der Waals surface area contributed by atoms with E-state index in [2.05, 4.69) is 0 Å². The van der Waals surface area contributed by atoms with Crippen LogP contribution in [0.25, 0.3) is 11.1 Å². The Hall–Kier alpha value is -1.77. The minimum absolute atomic E-state index is 0.287. The van der Waals surface area contributed by atoms with Crippen LogP contribution < -0.4 is 0 Å². The van der Waals surface area contributed by atoms with E-state index in [-0.39, 0.29) is 5.56 Å². The highest BCUT2D eigenvalue weighted by Gasteiger charge is 2.10. The van der Waals surface area contributed by atoms with Crippen molar-refractivity contribution in [1.29, 1.82) is 0 Å². The molecule has 0 unspecified atom stereocenters. The van der Waals surface area contributed by atoms with Crippen molar-refractivity contribution in [3.05, 3.63) is 59.4 Å². The van der Waals surface area contributed by atoms with Crippen molar-refractivity contribution in [3.63, 3.8) is 0 Å². The first-order valence-corrected chi connectivity index (χ1v) is 5.78. The third kappa shape index (κ3) is 2.73. The van der Waals surface area contributed by atoms with E-state index >= 15 is 0 Å². The van der Waals surface area contributed by atoms with Gasteiger partial charge >= 0.3 is 0 Å². The SMILES string of the molecule is CCc1ccc(-c2cc(F)cc(C(F)F)c2)cc1. The lowest BCUT2D eigenvalue weighted by atomic mass is 10.0. The van der Waals surface area contributed by atoms with Gasteiger partial charge < -0.3 is 0 Å². The van der Waals surface area contributed by atoms with Crippen LogP contribution in [0.1, 0.15) is 24.5 Å². The molecule has 2 rings (SSSR count). The Balaban J connectivity index is 2.42. The Morgan fingerprint density at radius 1 is 0.944 bits per heavy atom. The van der Waals surface area contributed by atoms with E-state index in [1.165, 1.54) is 12.1 Å². The molecular formula is C15H13F3. The van der Waals surface area contributed by atoms with Gasteiger partial charge in [-0.1, -0.05) is 31.2 Å². The molecule has 0 aliphatic heterocycles. The molecule has 18 heavy (non-hydrogen) atoms. The summed E-state index contributed by atoms with van der Waals surface area (Å²) in [5.74, 6) is -0.637. The molecule has 0 saturated carbocycles. The normalized spacial score (nSPS) is 10.9. The van der Waals surface area contributed by atoms with E-state index in [1.807, 2.05) is 31.2 Å². The molecule has 3 heteroatoms. The molecule has 0 N–H and O–H groups in total. The minimum Gasteiger partial charge on any atom is -0.207 e. The molecule has 0 aliphatic rings. The van der Waals surface area contributed by atoms with E-state index < -0.39 is 12.2 Å². The van der Waals surface area contributed by atoms with E-state index in [9.17, 15) is 13.2 Å². The summed E-state index contributed by atoms with van der Waals surface area (Å²) in [6, 6.07) is 11.0. The lowest BCUT2D eigenvalue weighted by Gasteiger charge is -2.07. The first-order chi connectivity index (χ1) is 8.60. The van der Waals surface area contributed by atoms with E-state index in [0.717, 1.165) is 23.6 Å². The van der Waals surface area contributed by atoms with Gasteiger partial charge in [0, 0.05) is 5.56 Å². The Morgan fingerprint density at radius 2 is 1.61 bits per heavy atom. The van der Waals surface area contributed by atoms with Crippen molar-refractivity contribution in [3.8, 4) is 11.1 Å². The fraction of sp³-hybridized carbons (Fsp3) is 0.200. The summed E-state index contributed by atoms with van der Waals surface area (Å²) in [7, 11) is 0. The highest BCUT2D eigenvalue weighted by Crippen LogP contribution is 2.27. The third-order valence-electron chi connectivity index (χ3n) is 2.87. The van der Waals surface area contributed by atoms with Crippen LogP contribution in [0.15, 0.2) is 42.5 Å². The second-order valence-corrected chi connectivity index (χ2v) is 4.12. The van der Waals surface area contributed by atoms with Gasteiger partial charge in [-0.15, -0.1) is 0 Å². The molecule has 0 amide bonds. The molecule has 2 aromatic rings. The standard InChI is InChI=1S/C15H13F3/c1-2-10-3-5-11(6-4-10)12-7-13(15(17)18)9-14(16)8-12/h3-9,15H,2H2,1H3. The van der Waals surface area contributed by atoms with E-state index in [1.54, 1.807) is 0 Å². The van der Waals surface area contributed by atoms with Gasteiger partial charge in [0.05, 0.1) is 0 Å². The Labute approximate surface area is 104 Å². The highest BCUT2D eigenvalue weighted by atomic mass is 19.3. The lowest BCUT2D eigenvalue weighted by molar-refractivity contribution is 0.151. The second kappa shape index (κ2) is 5.25. The maximum Gasteiger partial charge on any atom is 0.263 e. The predicted molar refractivity (Wildman–Crippen MR) is 66.2 cm³/mol. The molecule has 0 fully saturated rings. The molecule has 0 aromatic heterocycles. The van der Waals surface area contributed by atoms with Gasteiger partial charge in [0.25, 0.3) is 6.43 Å². The summed E-state index contributed by atoms with van der Waals surface area (Å²) in [6.07, 6.45) is -1.75. The Kier molecular flexibility index (Phi) is 3.70. The van der Waals surface area contributed by atoms with Crippen molar-refractivity contribution in [2.24, 2.45) is 0 Å². The molecule has 2 aromatic carbocycles. The fourth-order valence-corrected chi connectivity index (χ4v) is 1.84. The third-order valence-corrected chi connectivity index (χ3v) is 2.87. The summed E-state index contributed by atoms with van der Waals surface area (Å²) >= 11 is 0. The van der Waals surface area contributed by atoms with E-state index in [0.29, 0.717) is 5.56 Å². The predicted octanol–water partition coefficient (Wildman–Crippen LogP) is 4.99. The molecule has 0 aliphatic carbocycles. The highest BCUT2D eigenvalue weighted by molar-refractivity contribution is 5.64. The van der Waals surface area contributed by atoms with E-state index in [4.69, 9.17) is 0 Å². The number of hydrogen-bond donors (Lipinski definition) is 0. The number of benzene rings is 2. The molecule has 0 nitrogen and oxygen atoms in total. The Bertz CT molecular complexity index is 530. The molecule has 0 heterocycles. The first kappa shape index (κ1) is 12.7. The quantitative estimate of drug-likeness (QED) is 0.719. The van der Waals surface area contributed by atoms with Gasteiger partial charge in [0.2, 0.25) is 0 Å². The van der Waals surface area contributed by atoms with Crippen LogP contribution in [0.5, 0.6) is 0 Å². The monoisotopic (exact) mass is 250 g/mol. The topological polar surface area (TPSA) is 0 Å². The van der Waals surface area contributed by atoms with Crippen molar-refractivity contribution in [2.75, 3.05) is 0 Å². The van der Waals surface area contributed by atoms with Crippen molar-refractivity contribution in [1.82, 2.24) is 0 Å². The van der Waals surface area contributed by atoms with Gasteiger partial charge in [-0.25, -0.2) is 13.2 Å². The van der Waals surface area contributed by atoms with Crippen LogP contribution in [-0.4, -0.2) is 0 Å². The van der Waals surface area contributed by atoms with Gasteiger partial charge in [-0.05, 0) is 41.3 Å². The average Bonchev–Trinajstić information content (AvgIpc) is 2.38. The van der Waals surface area contributed by atoms with Crippen molar-refractivity contribution < 1.29 is 13.2 Å². The summed E-state index contributed by atoms with van der Waals surface area (Å²) in [5, 5.41) is 0. The zero-order valence-corrected chi connectivity index (χ0v) is 9.96. The Morgan fingerprint density at radius 3 is 2.17 bits per heavy atom. The van der Waals surface area contributed by atoms with Gasteiger partial charge in [-0.3, -0.25) is 0 Å². The molecule has 0 atom stereocenters. The summed E-state index contributed by atoms with van der Waals surface area (Å²) in [6.45, 7) is 2.03. The summed E-state index contributed by atoms with van der Waals surface area (Å²) in [4.78, 5) is 0. The number of aryl methyl sites for hydroxylation is 1. The zero-order chi connectivity index (χ0) is 13.1. The number of halogens is 3. The lowest BCUT2D eigenvalue weighted by Crippen LogP contribution is -1.89. The largest absolute Gasteiger partial charge is 0.263 e. The van der Waals surface area contributed by atoms with Crippen LogP contribution >= 0.6 is 0 Å². The molecule has 0 saturated heterocycles. The summed E-state index contributed by atoms with van der Waals surface area (Å²) < 4.78 is 38.5. The number of alkyl halides is 2. The molecule has 0 radical (unpaired) electrons. The average molecular weight is 250 g/mol. The van der Waals surface area contributed by atoms with Crippen LogP contribution in [0.4, 0.5) is 13.2 Å². The molecule has 0 spiro atoms. The smallest absolute Gasteiger partial charge is 0.207 e. The van der Waals surface area contributed by atoms with Crippen LogP contribution in [-0.2, 0) is 6.42 Å². The fourth-order valence-electron chi connectivity index (χ4n) is 1.84. The first-order valence-electron chi connectivity index (χ1n) is 5.78. The van der Waals surface area contributed by atoms with Crippen molar-refractivity contribution >= 4 is 0 Å². The summed E-state index contributed by atoms with van der Waals surface area (Å²) in [5.41, 5.74) is 2.09. The van der Waals surface area contributed by atoms with Crippen LogP contribution in [0.2, 0.25) is 0 Å². The molecular weight excluding hydrogens is 237 g/mol. The number of hydrogen-bond acceptors (Lipinski definition) is 0. The maximum absolute atomic E-state index is 13.3. The van der Waals surface area contributed by atoms with Gasteiger partial charge in [0.1, 0.15) is 5.82 Å². The maximum atomic E-state index is 13.3. The van der Waals surface area contributed by atoms with Crippen LogP contribution in [0, 0.1) is 5.82 Å². The second-order valence-electron chi connectivity index (χ2n) is 4.12. The van der Waals surface area contributed by atoms with Gasteiger partial charge in [-0.2, -0.15) is 0 Å². The molecule has 0 bridgehead atoms. The van der Waals surface area contributed by atoms with Gasteiger partial charge in [0.15, 0.2) is 0 Å². The zero-order valence-electron chi connectivity index (χ0n) is 9.96. The minimum atomic E-state index is -2.66. The van der Waals surface area contributed by atoms with Crippen molar-refractivity contribution in [2.45, 2.75) is 19.8 Å². The number of rotatable bonds is 3.